The van der Waals surface area contributed by atoms with Gasteiger partial charge in [-0.05, 0) is 47.7 Å². The summed E-state index contributed by atoms with van der Waals surface area (Å²) in [6.07, 6.45) is 1.04. The molecule has 3 rings (SSSR count). The van der Waals surface area contributed by atoms with Gasteiger partial charge in [0.05, 0.1) is 19.7 Å². The molecule has 2 N–H and O–H groups in total. The third-order valence-electron chi connectivity index (χ3n) is 5.08. The number of hydrogen-bond donors (Lipinski definition) is 2. The maximum Gasteiger partial charge on any atom is 0.355 e. The lowest BCUT2D eigenvalue weighted by atomic mass is 9.99. The zero-order valence-electron chi connectivity index (χ0n) is 17.0. The molecule has 3 aromatic rings. The van der Waals surface area contributed by atoms with Crippen molar-refractivity contribution in [2.24, 2.45) is 0 Å². The maximum atomic E-state index is 13.0. The number of anilines is 2. The molecule has 0 aliphatic heterocycles. The van der Waals surface area contributed by atoms with E-state index in [0.717, 1.165) is 22.2 Å². The molecular formula is C22H25ClN4O3. The number of aromatic nitrogens is 3. The molecule has 1 heterocycles. The Labute approximate surface area is 179 Å². The van der Waals surface area contributed by atoms with Crippen molar-refractivity contribution in [1.29, 1.82) is 0 Å². The number of aliphatic hydroxyl groups excluding tert-OH is 1. The first-order chi connectivity index (χ1) is 14.4. The van der Waals surface area contributed by atoms with Gasteiger partial charge in [0.2, 0.25) is 5.95 Å². The number of hydrogen-bond acceptors (Lipinski definition) is 5. The Morgan fingerprint density at radius 2 is 1.73 bits per heavy atom. The van der Waals surface area contributed by atoms with Crippen molar-refractivity contribution >= 4 is 23.2 Å². The number of aliphatic hydroxyl groups is 1. The van der Waals surface area contributed by atoms with Gasteiger partial charge in [-0.15, -0.1) is 0 Å². The number of nitrogens with zero attached hydrogens (tertiary/aromatic N) is 3. The Kier molecular flexibility index (Phi) is 7.07. The fourth-order valence-electron chi connectivity index (χ4n) is 3.09. The lowest BCUT2D eigenvalue weighted by Gasteiger charge is -2.16. The average Bonchev–Trinajstić information content (AvgIpc) is 2.75. The van der Waals surface area contributed by atoms with E-state index in [1.54, 1.807) is 24.3 Å². The van der Waals surface area contributed by atoms with Gasteiger partial charge in [-0.3, -0.25) is 4.57 Å². The third kappa shape index (κ3) is 4.98. The Bertz CT molecular complexity index is 1110. The molecule has 0 saturated heterocycles. The number of benzene rings is 2. The largest absolute Gasteiger partial charge is 0.395 e. The summed E-state index contributed by atoms with van der Waals surface area (Å²) in [6.45, 7) is 4.05. The second-order valence-corrected chi connectivity index (χ2v) is 7.58. The normalized spacial score (nSPS) is 12.0. The minimum atomic E-state index is -0.708. The molecule has 8 heteroatoms. The molecule has 30 heavy (non-hydrogen) atoms. The molecule has 0 radical (unpaired) electrons. The molecule has 1 atom stereocenters. The minimum Gasteiger partial charge on any atom is -0.395 e. The van der Waals surface area contributed by atoms with Gasteiger partial charge in [-0.25, -0.2) is 14.2 Å². The summed E-state index contributed by atoms with van der Waals surface area (Å²) in [6, 6.07) is 14.9. The Morgan fingerprint density at radius 1 is 1.07 bits per heavy atom. The Morgan fingerprint density at radius 3 is 2.33 bits per heavy atom. The van der Waals surface area contributed by atoms with Crippen LogP contribution in [0.4, 0.5) is 11.6 Å². The van der Waals surface area contributed by atoms with Crippen molar-refractivity contribution < 1.29 is 5.11 Å². The summed E-state index contributed by atoms with van der Waals surface area (Å²) in [4.78, 5) is 29.4. The molecule has 7 nitrogen and oxygen atoms in total. The van der Waals surface area contributed by atoms with Gasteiger partial charge in [0.1, 0.15) is 0 Å². The quantitative estimate of drug-likeness (QED) is 0.574. The number of halogens is 1. The molecule has 1 aromatic heterocycles. The first-order valence-electron chi connectivity index (χ1n) is 9.87. The fourth-order valence-corrected chi connectivity index (χ4v) is 3.22. The summed E-state index contributed by atoms with van der Waals surface area (Å²) >= 11 is 5.95. The SMILES string of the molecule is CCC(C)c1ccc(Nc2nc(=O)n(CCO)c(=O)n2Cc2ccc(Cl)cc2)cc1. The highest BCUT2D eigenvalue weighted by atomic mass is 35.5. The maximum absolute atomic E-state index is 13.0. The molecule has 0 aliphatic carbocycles. The fraction of sp³-hybridized carbons (Fsp3) is 0.318. The van der Waals surface area contributed by atoms with Crippen molar-refractivity contribution in [1.82, 2.24) is 14.1 Å². The lowest BCUT2D eigenvalue weighted by molar-refractivity contribution is 0.268. The molecular weight excluding hydrogens is 404 g/mol. The van der Waals surface area contributed by atoms with Gasteiger partial charge < -0.3 is 10.4 Å². The summed E-state index contributed by atoms with van der Waals surface area (Å²) in [7, 11) is 0. The lowest BCUT2D eigenvalue weighted by Crippen LogP contribution is -2.43. The van der Waals surface area contributed by atoms with Crippen LogP contribution in [0.1, 0.15) is 37.3 Å². The van der Waals surface area contributed by atoms with Crippen LogP contribution in [0.3, 0.4) is 0 Å². The van der Waals surface area contributed by atoms with Crippen molar-refractivity contribution in [3.63, 3.8) is 0 Å². The van der Waals surface area contributed by atoms with E-state index in [2.05, 4.69) is 24.1 Å². The van der Waals surface area contributed by atoms with E-state index in [0.29, 0.717) is 10.9 Å². The van der Waals surface area contributed by atoms with Crippen molar-refractivity contribution in [2.75, 3.05) is 11.9 Å². The van der Waals surface area contributed by atoms with Crippen LogP contribution in [-0.4, -0.2) is 25.8 Å². The first-order valence-corrected chi connectivity index (χ1v) is 10.2. The summed E-state index contributed by atoms with van der Waals surface area (Å²) in [5, 5.41) is 12.9. The standard InChI is InChI=1S/C22H25ClN4O3/c1-3-15(2)17-6-10-19(11-7-17)24-20-25-21(29)26(12-13-28)22(30)27(20)14-16-4-8-18(23)9-5-16/h4-11,15,28H,3,12-14H2,1-2H3,(H,24,25,29). The van der Waals surface area contributed by atoms with Crippen LogP contribution in [-0.2, 0) is 13.1 Å². The molecule has 0 bridgehead atoms. The Hall–Kier alpha value is -2.90. The van der Waals surface area contributed by atoms with Crippen LogP contribution in [0.15, 0.2) is 58.1 Å². The van der Waals surface area contributed by atoms with Crippen LogP contribution < -0.4 is 16.7 Å². The zero-order chi connectivity index (χ0) is 21.7. The average molecular weight is 429 g/mol. The molecule has 0 amide bonds. The topological polar surface area (TPSA) is 89.2 Å². The highest BCUT2D eigenvalue weighted by Gasteiger charge is 2.14. The van der Waals surface area contributed by atoms with E-state index in [9.17, 15) is 14.7 Å². The second kappa shape index (κ2) is 9.73. The zero-order valence-corrected chi connectivity index (χ0v) is 17.8. The number of rotatable bonds is 8. The summed E-state index contributed by atoms with van der Waals surface area (Å²) in [5.41, 5.74) is 1.51. The second-order valence-electron chi connectivity index (χ2n) is 7.14. The molecule has 158 valence electrons. The van der Waals surface area contributed by atoms with E-state index < -0.39 is 11.4 Å². The molecule has 0 spiro atoms. The predicted molar refractivity (Wildman–Crippen MR) is 119 cm³/mol. The van der Waals surface area contributed by atoms with E-state index in [1.165, 1.54) is 10.1 Å². The molecule has 2 aromatic carbocycles. The smallest absolute Gasteiger partial charge is 0.355 e. The van der Waals surface area contributed by atoms with Crippen LogP contribution >= 0.6 is 11.6 Å². The number of nitrogens with one attached hydrogen (secondary N) is 1. The van der Waals surface area contributed by atoms with Gasteiger partial charge in [0.25, 0.3) is 0 Å². The van der Waals surface area contributed by atoms with Crippen LogP contribution in [0.25, 0.3) is 0 Å². The van der Waals surface area contributed by atoms with Gasteiger partial charge >= 0.3 is 11.4 Å². The monoisotopic (exact) mass is 428 g/mol. The first kappa shape index (κ1) is 21.8. The van der Waals surface area contributed by atoms with E-state index in [1.807, 2.05) is 24.3 Å². The highest BCUT2D eigenvalue weighted by Crippen LogP contribution is 2.22. The van der Waals surface area contributed by atoms with Crippen LogP contribution in [0.2, 0.25) is 5.02 Å². The van der Waals surface area contributed by atoms with Gasteiger partial charge in [0, 0.05) is 10.7 Å². The summed E-state index contributed by atoms with van der Waals surface area (Å²) in [5.74, 6) is 0.591. The van der Waals surface area contributed by atoms with Crippen LogP contribution in [0.5, 0.6) is 0 Å². The van der Waals surface area contributed by atoms with Crippen molar-refractivity contribution in [3.8, 4) is 0 Å². The summed E-state index contributed by atoms with van der Waals surface area (Å²) < 4.78 is 2.30. The third-order valence-corrected chi connectivity index (χ3v) is 5.33. The van der Waals surface area contributed by atoms with Crippen LogP contribution in [0, 0.1) is 0 Å². The van der Waals surface area contributed by atoms with Gasteiger partial charge in [0.15, 0.2) is 0 Å². The van der Waals surface area contributed by atoms with E-state index in [4.69, 9.17) is 11.6 Å². The Balaban J connectivity index is 2.00. The van der Waals surface area contributed by atoms with Crippen molar-refractivity contribution in [3.05, 3.63) is 85.6 Å². The van der Waals surface area contributed by atoms with Gasteiger partial charge in [-0.1, -0.05) is 49.7 Å². The molecule has 1 unspecified atom stereocenters. The molecule has 0 saturated carbocycles. The molecule has 0 fully saturated rings. The van der Waals surface area contributed by atoms with E-state index >= 15 is 0 Å². The van der Waals surface area contributed by atoms with Gasteiger partial charge in [-0.2, -0.15) is 4.98 Å². The molecule has 0 aliphatic rings. The minimum absolute atomic E-state index is 0.116. The van der Waals surface area contributed by atoms with E-state index in [-0.39, 0.29) is 25.6 Å². The highest BCUT2D eigenvalue weighted by molar-refractivity contribution is 6.30. The van der Waals surface area contributed by atoms with Crippen molar-refractivity contribution in [2.45, 2.75) is 39.3 Å². The predicted octanol–water partition coefficient (Wildman–Crippen LogP) is 3.36.